The number of esters is 3. The van der Waals surface area contributed by atoms with Crippen LogP contribution in [-0.4, -0.2) is 95.2 Å². The lowest BCUT2D eigenvalue weighted by Crippen LogP contribution is -2.62. The molecule has 1 aliphatic carbocycles. The van der Waals surface area contributed by atoms with E-state index in [1.165, 1.54) is 31.6 Å². The summed E-state index contributed by atoms with van der Waals surface area (Å²) in [7, 11) is 1.23. The molecule has 1 saturated carbocycles. The number of methoxy groups -OCH3 is 1. The zero-order valence-electron chi connectivity index (χ0n) is 21.5. The number of carbonyl (C=O) groups excluding carboxylic acids is 3. The van der Waals surface area contributed by atoms with Gasteiger partial charge in [0.1, 0.15) is 18.0 Å². The minimum absolute atomic E-state index is 0.0403. The summed E-state index contributed by atoms with van der Waals surface area (Å²) in [5.41, 5.74) is 0.187. The van der Waals surface area contributed by atoms with Gasteiger partial charge < -0.3 is 48.8 Å². The second-order valence-electron chi connectivity index (χ2n) is 9.76. The standard InChI is InChI=1S/C26H32O13/c1-11-17(30)8-15-16(24(33)34-3)10-35-25(19(11)15)39-26-22(38-23(32)13-5-4-6-14(29)7-13)20(31)21(36-12(2)28)18(9-27)37-26/h4-7,10-11,15,17-22,25-27,29-31H,8-9H2,1-3H3. The first-order chi connectivity index (χ1) is 18.5. The Morgan fingerprint density at radius 2 is 1.82 bits per heavy atom. The van der Waals surface area contributed by atoms with Crippen LogP contribution in [-0.2, 0) is 38.0 Å². The number of aromatic hydroxyl groups is 1. The molecule has 0 radical (unpaired) electrons. The summed E-state index contributed by atoms with van der Waals surface area (Å²) in [6, 6.07) is 5.31. The molecule has 4 N–H and O–H groups in total. The molecule has 0 bridgehead atoms. The summed E-state index contributed by atoms with van der Waals surface area (Å²) in [6.07, 6.45) is -7.96. The van der Waals surface area contributed by atoms with Gasteiger partial charge in [-0.25, -0.2) is 9.59 Å². The van der Waals surface area contributed by atoms with Crippen molar-refractivity contribution >= 4 is 17.9 Å². The van der Waals surface area contributed by atoms with E-state index in [-0.39, 0.29) is 23.3 Å². The summed E-state index contributed by atoms with van der Waals surface area (Å²) in [6.45, 7) is 2.19. The van der Waals surface area contributed by atoms with E-state index in [2.05, 4.69) is 0 Å². The van der Waals surface area contributed by atoms with Crippen molar-refractivity contribution in [3.8, 4) is 5.75 Å². The number of phenols is 1. The SMILES string of the molecule is COC(=O)C1=COC(OC2OC(CO)C(OC(C)=O)C(O)C2OC(=O)c2cccc(O)c2)C2C1CC(O)C2C. The van der Waals surface area contributed by atoms with Crippen molar-refractivity contribution in [2.75, 3.05) is 13.7 Å². The van der Waals surface area contributed by atoms with E-state index in [0.717, 1.165) is 13.0 Å². The maximum Gasteiger partial charge on any atom is 0.338 e. The Bertz CT molecular complexity index is 1100. The molecule has 0 aromatic heterocycles. The van der Waals surface area contributed by atoms with Crippen LogP contribution in [0, 0.1) is 17.8 Å². The van der Waals surface area contributed by atoms with Crippen molar-refractivity contribution in [2.45, 2.75) is 63.4 Å². The Balaban J connectivity index is 1.64. The summed E-state index contributed by atoms with van der Waals surface area (Å²) in [4.78, 5) is 36.9. The fourth-order valence-electron chi connectivity index (χ4n) is 5.36. The molecule has 2 aliphatic heterocycles. The highest BCUT2D eigenvalue weighted by atomic mass is 16.8. The van der Waals surface area contributed by atoms with Gasteiger partial charge in [0.2, 0.25) is 12.6 Å². The third-order valence-corrected chi connectivity index (χ3v) is 7.33. The van der Waals surface area contributed by atoms with Gasteiger partial charge in [-0.3, -0.25) is 4.79 Å². The number of benzene rings is 1. The molecule has 13 nitrogen and oxygen atoms in total. The fraction of sp³-hybridized carbons (Fsp3) is 0.577. The van der Waals surface area contributed by atoms with Gasteiger partial charge in [-0.05, 0) is 30.5 Å². The normalized spacial score (nSPS) is 35.7. The molecule has 2 heterocycles. The molecule has 1 aromatic carbocycles. The van der Waals surface area contributed by atoms with Gasteiger partial charge in [0.05, 0.1) is 37.2 Å². The van der Waals surface area contributed by atoms with Crippen LogP contribution >= 0.6 is 0 Å². The second kappa shape index (κ2) is 11.9. The summed E-state index contributed by atoms with van der Waals surface area (Å²) >= 11 is 0. The van der Waals surface area contributed by atoms with Crippen molar-refractivity contribution in [2.24, 2.45) is 17.8 Å². The lowest BCUT2D eigenvalue weighted by Gasteiger charge is -2.45. The number of carbonyl (C=O) groups is 3. The summed E-state index contributed by atoms with van der Waals surface area (Å²) in [5, 5.41) is 41.3. The number of fused-ring (bicyclic) bond motifs is 1. The predicted octanol–water partition coefficient (Wildman–Crippen LogP) is -0.00970. The van der Waals surface area contributed by atoms with Crippen molar-refractivity contribution in [3.05, 3.63) is 41.7 Å². The van der Waals surface area contributed by atoms with Crippen LogP contribution < -0.4 is 0 Å². The third kappa shape index (κ3) is 5.87. The number of hydrogen-bond donors (Lipinski definition) is 4. The highest BCUT2D eigenvalue weighted by Gasteiger charge is 2.55. The quantitative estimate of drug-likeness (QED) is 0.261. The molecule has 3 aliphatic rings. The Morgan fingerprint density at radius 3 is 2.46 bits per heavy atom. The van der Waals surface area contributed by atoms with E-state index >= 15 is 0 Å². The van der Waals surface area contributed by atoms with Crippen LogP contribution in [0.15, 0.2) is 36.1 Å². The minimum Gasteiger partial charge on any atom is -0.508 e. The van der Waals surface area contributed by atoms with Gasteiger partial charge in [0, 0.05) is 18.8 Å². The smallest absolute Gasteiger partial charge is 0.338 e. The molecular weight excluding hydrogens is 520 g/mol. The van der Waals surface area contributed by atoms with Crippen LogP contribution in [0.3, 0.4) is 0 Å². The zero-order chi connectivity index (χ0) is 28.4. The second-order valence-corrected chi connectivity index (χ2v) is 9.76. The summed E-state index contributed by atoms with van der Waals surface area (Å²) in [5.74, 6) is -3.96. The minimum atomic E-state index is -1.70. The van der Waals surface area contributed by atoms with E-state index < -0.39 is 85.4 Å². The van der Waals surface area contributed by atoms with Gasteiger partial charge in [-0.2, -0.15) is 0 Å². The van der Waals surface area contributed by atoms with Gasteiger partial charge in [-0.1, -0.05) is 13.0 Å². The topological polar surface area (TPSA) is 188 Å². The third-order valence-electron chi connectivity index (χ3n) is 7.33. The van der Waals surface area contributed by atoms with Crippen molar-refractivity contribution < 1.29 is 63.2 Å². The molecule has 1 aromatic rings. The van der Waals surface area contributed by atoms with Crippen molar-refractivity contribution in [1.29, 1.82) is 0 Å². The number of rotatable bonds is 7. The number of aliphatic hydroxyl groups excluding tert-OH is 3. The molecular formula is C26H32O13. The van der Waals surface area contributed by atoms with Crippen LogP contribution in [0.4, 0.5) is 0 Å². The lowest BCUT2D eigenvalue weighted by atomic mass is 9.83. The molecule has 13 heteroatoms. The fourth-order valence-corrected chi connectivity index (χ4v) is 5.36. The Labute approximate surface area is 223 Å². The Hall–Kier alpha value is -3.23. The maximum atomic E-state index is 12.9. The first-order valence-electron chi connectivity index (χ1n) is 12.4. The maximum absolute atomic E-state index is 12.9. The van der Waals surface area contributed by atoms with E-state index in [0.29, 0.717) is 0 Å². The van der Waals surface area contributed by atoms with E-state index in [1.807, 2.05) is 0 Å². The highest BCUT2D eigenvalue weighted by molar-refractivity contribution is 5.90. The van der Waals surface area contributed by atoms with Crippen molar-refractivity contribution in [3.63, 3.8) is 0 Å². The lowest BCUT2D eigenvalue weighted by molar-refractivity contribution is -0.342. The van der Waals surface area contributed by atoms with Gasteiger partial charge in [0.15, 0.2) is 12.2 Å². The van der Waals surface area contributed by atoms with Crippen LogP contribution in [0.25, 0.3) is 0 Å². The molecule has 0 amide bonds. The van der Waals surface area contributed by atoms with Crippen molar-refractivity contribution in [1.82, 2.24) is 0 Å². The predicted molar refractivity (Wildman–Crippen MR) is 127 cm³/mol. The largest absolute Gasteiger partial charge is 0.508 e. The molecule has 214 valence electrons. The molecule has 0 spiro atoms. The van der Waals surface area contributed by atoms with Gasteiger partial charge in [-0.15, -0.1) is 0 Å². The highest BCUT2D eigenvalue weighted by Crippen LogP contribution is 2.47. The molecule has 10 atom stereocenters. The zero-order valence-corrected chi connectivity index (χ0v) is 21.5. The molecule has 1 saturated heterocycles. The number of phenolic OH excluding ortho intramolecular Hbond substituents is 1. The first-order valence-corrected chi connectivity index (χ1v) is 12.4. The first kappa shape index (κ1) is 28.8. The average Bonchev–Trinajstić information content (AvgIpc) is 3.21. The Kier molecular flexibility index (Phi) is 8.76. The monoisotopic (exact) mass is 552 g/mol. The number of hydrogen-bond acceptors (Lipinski definition) is 13. The number of aliphatic hydroxyl groups is 3. The molecule has 10 unspecified atom stereocenters. The molecule has 4 rings (SSSR count). The Morgan fingerprint density at radius 1 is 1.08 bits per heavy atom. The number of ether oxygens (including phenoxy) is 6. The van der Waals surface area contributed by atoms with Gasteiger partial charge in [0.25, 0.3) is 0 Å². The van der Waals surface area contributed by atoms with Crippen LogP contribution in [0.1, 0.15) is 30.6 Å². The summed E-state index contributed by atoms with van der Waals surface area (Å²) < 4.78 is 33.1. The van der Waals surface area contributed by atoms with E-state index in [1.54, 1.807) is 6.92 Å². The molecule has 39 heavy (non-hydrogen) atoms. The van der Waals surface area contributed by atoms with E-state index in [9.17, 15) is 34.8 Å². The van der Waals surface area contributed by atoms with Gasteiger partial charge >= 0.3 is 17.9 Å². The average molecular weight is 553 g/mol. The van der Waals surface area contributed by atoms with Crippen LogP contribution in [0.2, 0.25) is 0 Å². The van der Waals surface area contributed by atoms with E-state index in [4.69, 9.17) is 28.4 Å². The molecule has 2 fully saturated rings. The van der Waals surface area contributed by atoms with Crippen LogP contribution in [0.5, 0.6) is 5.75 Å².